The summed E-state index contributed by atoms with van der Waals surface area (Å²) >= 11 is 7.44. The second-order valence-electron chi connectivity index (χ2n) is 4.66. The Balaban J connectivity index is 2.28. The van der Waals surface area contributed by atoms with Crippen molar-refractivity contribution in [2.45, 2.75) is 30.7 Å². The number of rotatable bonds is 6. The molecule has 1 heterocycles. The number of benzene rings is 1. The SMILES string of the molecule is CCCC(NS(=O)(=O)c1ccc(N)c(Cl)c1)c1cccs1. The summed E-state index contributed by atoms with van der Waals surface area (Å²) in [6.45, 7) is 2.02. The Hall–Kier alpha value is -1.08. The summed E-state index contributed by atoms with van der Waals surface area (Å²) < 4.78 is 27.7. The van der Waals surface area contributed by atoms with Crippen LogP contribution in [-0.2, 0) is 10.0 Å². The van der Waals surface area contributed by atoms with Gasteiger partial charge in [-0.1, -0.05) is 31.0 Å². The van der Waals surface area contributed by atoms with Gasteiger partial charge in [-0.25, -0.2) is 13.1 Å². The number of sulfonamides is 1. The lowest BCUT2D eigenvalue weighted by molar-refractivity contribution is 0.540. The van der Waals surface area contributed by atoms with E-state index in [9.17, 15) is 8.42 Å². The molecular formula is C14H17ClN2O2S2. The molecule has 114 valence electrons. The normalized spacial score (nSPS) is 13.2. The third kappa shape index (κ3) is 3.97. The van der Waals surface area contributed by atoms with Crippen molar-refractivity contribution in [2.75, 3.05) is 5.73 Å². The Labute approximate surface area is 134 Å². The molecule has 1 atom stereocenters. The van der Waals surface area contributed by atoms with E-state index in [1.807, 2.05) is 24.4 Å². The lowest BCUT2D eigenvalue weighted by Gasteiger charge is -2.17. The van der Waals surface area contributed by atoms with Gasteiger partial charge in [0, 0.05) is 4.88 Å². The summed E-state index contributed by atoms with van der Waals surface area (Å²) in [5, 5.41) is 2.17. The molecule has 4 nitrogen and oxygen atoms in total. The highest BCUT2D eigenvalue weighted by Crippen LogP contribution is 2.27. The molecule has 2 aromatic rings. The highest BCUT2D eigenvalue weighted by Gasteiger charge is 2.22. The molecule has 0 aliphatic heterocycles. The maximum absolute atomic E-state index is 12.5. The predicted molar refractivity (Wildman–Crippen MR) is 88.2 cm³/mol. The van der Waals surface area contributed by atoms with Gasteiger partial charge in [0.15, 0.2) is 0 Å². The molecule has 0 amide bonds. The molecule has 0 spiro atoms. The summed E-state index contributed by atoms with van der Waals surface area (Å²) in [5.41, 5.74) is 5.97. The van der Waals surface area contributed by atoms with E-state index in [4.69, 9.17) is 17.3 Å². The lowest BCUT2D eigenvalue weighted by atomic mass is 10.1. The fraction of sp³-hybridized carbons (Fsp3) is 0.286. The number of nitrogen functional groups attached to an aromatic ring is 1. The number of nitrogens with two attached hydrogens (primary N) is 1. The largest absolute Gasteiger partial charge is 0.398 e. The highest BCUT2D eigenvalue weighted by molar-refractivity contribution is 7.89. The van der Waals surface area contributed by atoms with Crippen LogP contribution in [0.1, 0.15) is 30.7 Å². The Morgan fingerprint density at radius 3 is 2.71 bits per heavy atom. The van der Waals surface area contributed by atoms with E-state index < -0.39 is 10.0 Å². The van der Waals surface area contributed by atoms with Crippen LogP contribution in [0.3, 0.4) is 0 Å². The van der Waals surface area contributed by atoms with Crippen LogP contribution in [-0.4, -0.2) is 8.42 Å². The first-order valence-corrected chi connectivity index (χ1v) is 9.29. The highest BCUT2D eigenvalue weighted by atomic mass is 35.5. The van der Waals surface area contributed by atoms with Crippen molar-refractivity contribution >= 4 is 38.6 Å². The maximum Gasteiger partial charge on any atom is 0.241 e. The average molecular weight is 345 g/mol. The fourth-order valence-corrected chi connectivity index (χ4v) is 4.38. The van der Waals surface area contributed by atoms with Gasteiger partial charge in [0.1, 0.15) is 0 Å². The summed E-state index contributed by atoms with van der Waals surface area (Å²) in [7, 11) is -3.63. The van der Waals surface area contributed by atoms with Gasteiger partial charge in [0.25, 0.3) is 0 Å². The van der Waals surface area contributed by atoms with E-state index in [0.717, 1.165) is 17.7 Å². The second-order valence-corrected chi connectivity index (χ2v) is 7.76. The van der Waals surface area contributed by atoms with Crippen molar-refractivity contribution < 1.29 is 8.42 Å². The maximum atomic E-state index is 12.5. The van der Waals surface area contributed by atoms with E-state index in [-0.39, 0.29) is 16.0 Å². The minimum Gasteiger partial charge on any atom is -0.398 e. The van der Waals surface area contributed by atoms with Gasteiger partial charge in [0.2, 0.25) is 10.0 Å². The summed E-state index contributed by atoms with van der Waals surface area (Å²) in [6, 6.07) is 7.95. The van der Waals surface area contributed by atoms with Crippen LogP contribution >= 0.6 is 22.9 Å². The van der Waals surface area contributed by atoms with Crippen molar-refractivity contribution in [1.82, 2.24) is 4.72 Å². The zero-order valence-electron chi connectivity index (χ0n) is 11.5. The van der Waals surface area contributed by atoms with Crippen LogP contribution in [0.5, 0.6) is 0 Å². The van der Waals surface area contributed by atoms with Gasteiger partial charge in [-0.2, -0.15) is 0 Å². The average Bonchev–Trinajstić information content (AvgIpc) is 2.95. The fourth-order valence-electron chi connectivity index (χ4n) is 1.97. The van der Waals surface area contributed by atoms with Gasteiger partial charge < -0.3 is 5.73 Å². The minimum absolute atomic E-state index is 0.124. The Bertz CT molecular complexity index is 700. The van der Waals surface area contributed by atoms with Gasteiger partial charge in [-0.15, -0.1) is 11.3 Å². The number of hydrogen-bond donors (Lipinski definition) is 2. The zero-order chi connectivity index (χ0) is 15.5. The third-order valence-electron chi connectivity index (χ3n) is 3.04. The molecule has 3 N–H and O–H groups in total. The molecular weight excluding hydrogens is 328 g/mol. The van der Waals surface area contributed by atoms with Crippen molar-refractivity contribution in [3.05, 3.63) is 45.6 Å². The predicted octanol–water partition coefficient (Wildman–Crippen LogP) is 3.80. The van der Waals surface area contributed by atoms with E-state index >= 15 is 0 Å². The first kappa shape index (κ1) is 16.3. The minimum atomic E-state index is -3.63. The Morgan fingerprint density at radius 2 is 2.14 bits per heavy atom. The molecule has 0 saturated carbocycles. The first-order valence-electron chi connectivity index (χ1n) is 6.55. The topological polar surface area (TPSA) is 72.2 Å². The monoisotopic (exact) mass is 344 g/mol. The first-order chi connectivity index (χ1) is 9.94. The molecule has 0 aliphatic carbocycles. The molecule has 1 unspecified atom stereocenters. The zero-order valence-corrected chi connectivity index (χ0v) is 13.9. The van der Waals surface area contributed by atoms with Crippen molar-refractivity contribution in [1.29, 1.82) is 0 Å². The number of anilines is 1. The molecule has 0 bridgehead atoms. The molecule has 1 aromatic heterocycles. The van der Waals surface area contributed by atoms with Crippen molar-refractivity contribution in [3.8, 4) is 0 Å². The lowest BCUT2D eigenvalue weighted by Crippen LogP contribution is -2.28. The smallest absolute Gasteiger partial charge is 0.241 e. The van der Waals surface area contributed by atoms with E-state index in [1.165, 1.54) is 29.5 Å². The third-order valence-corrected chi connectivity index (χ3v) is 5.83. The molecule has 1 aromatic carbocycles. The van der Waals surface area contributed by atoms with Gasteiger partial charge in [0.05, 0.1) is 21.6 Å². The van der Waals surface area contributed by atoms with Crippen molar-refractivity contribution in [3.63, 3.8) is 0 Å². The number of hydrogen-bond acceptors (Lipinski definition) is 4. The molecule has 0 saturated heterocycles. The summed E-state index contributed by atoms with van der Waals surface area (Å²) in [4.78, 5) is 1.13. The molecule has 21 heavy (non-hydrogen) atoms. The number of thiophene rings is 1. The Morgan fingerprint density at radius 1 is 1.38 bits per heavy atom. The second kappa shape index (κ2) is 6.79. The molecule has 0 aliphatic rings. The molecule has 7 heteroatoms. The van der Waals surface area contributed by atoms with Crippen LogP contribution in [0, 0.1) is 0 Å². The number of halogens is 1. The summed E-state index contributed by atoms with van der Waals surface area (Å²) in [6.07, 6.45) is 1.62. The van der Waals surface area contributed by atoms with Gasteiger partial charge in [-0.3, -0.25) is 0 Å². The Kier molecular flexibility index (Phi) is 5.27. The van der Waals surface area contributed by atoms with Crippen LogP contribution in [0.15, 0.2) is 40.6 Å². The van der Waals surface area contributed by atoms with E-state index in [0.29, 0.717) is 5.69 Å². The summed E-state index contributed by atoms with van der Waals surface area (Å²) in [5.74, 6) is 0. The van der Waals surface area contributed by atoms with E-state index in [1.54, 1.807) is 0 Å². The van der Waals surface area contributed by atoms with Crippen LogP contribution in [0.25, 0.3) is 0 Å². The van der Waals surface area contributed by atoms with Crippen molar-refractivity contribution in [2.24, 2.45) is 0 Å². The van der Waals surface area contributed by atoms with Crippen LogP contribution in [0.4, 0.5) is 5.69 Å². The van der Waals surface area contributed by atoms with Gasteiger partial charge >= 0.3 is 0 Å². The number of nitrogens with one attached hydrogen (secondary N) is 1. The van der Waals surface area contributed by atoms with Crippen LogP contribution in [0.2, 0.25) is 5.02 Å². The van der Waals surface area contributed by atoms with Crippen LogP contribution < -0.4 is 10.5 Å². The quantitative estimate of drug-likeness (QED) is 0.783. The molecule has 0 radical (unpaired) electrons. The van der Waals surface area contributed by atoms with E-state index in [2.05, 4.69) is 4.72 Å². The standard InChI is InChI=1S/C14H17ClN2O2S2/c1-2-4-13(14-5-3-8-20-14)17-21(18,19)10-6-7-12(16)11(15)9-10/h3,5-9,13,17H,2,4,16H2,1H3. The molecule has 2 rings (SSSR count). The molecule has 0 fully saturated rings. The van der Waals surface area contributed by atoms with Gasteiger partial charge in [-0.05, 0) is 36.1 Å².